The molecule has 19 heavy (non-hydrogen) atoms. The molecule has 102 valence electrons. The first-order chi connectivity index (χ1) is 9.18. The van der Waals surface area contributed by atoms with Crippen molar-refractivity contribution in [1.82, 2.24) is 10.2 Å². The molecule has 2 fully saturated rings. The first-order valence-corrected chi connectivity index (χ1v) is 7.28. The van der Waals surface area contributed by atoms with E-state index in [0.29, 0.717) is 12.0 Å². The third-order valence-electron chi connectivity index (χ3n) is 4.34. The zero-order valence-electron chi connectivity index (χ0n) is 11.1. The average Bonchev–Trinajstić information content (AvgIpc) is 3.01. The van der Waals surface area contributed by atoms with Crippen LogP contribution in [0.5, 0.6) is 0 Å². The summed E-state index contributed by atoms with van der Waals surface area (Å²) in [5, 5.41) is 4.09. The standard InChI is InChI=1S/C15H19ClN2O/c1-18(10-6-7-17-9-10)15(19)13-8-12(13)11-4-2-3-5-14(11)16/h2-5,10,12-13,17H,6-9H2,1H3/t10-,12-,13+/m0/s1. The smallest absolute Gasteiger partial charge is 0.226 e. The second kappa shape index (κ2) is 5.14. The van der Waals surface area contributed by atoms with Crippen LogP contribution in [0.1, 0.15) is 24.3 Å². The zero-order chi connectivity index (χ0) is 13.4. The van der Waals surface area contributed by atoms with Crippen LogP contribution in [-0.2, 0) is 4.79 Å². The number of likely N-dealkylation sites (N-methyl/N-ethyl adjacent to an activating group) is 1. The fourth-order valence-corrected chi connectivity index (χ4v) is 3.27. The topological polar surface area (TPSA) is 32.3 Å². The molecule has 0 aromatic heterocycles. The van der Waals surface area contributed by atoms with E-state index in [-0.39, 0.29) is 11.8 Å². The largest absolute Gasteiger partial charge is 0.341 e. The summed E-state index contributed by atoms with van der Waals surface area (Å²) in [5.41, 5.74) is 1.13. The number of carbonyl (C=O) groups is 1. The lowest BCUT2D eigenvalue weighted by Gasteiger charge is -2.24. The van der Waals surface area contributed by atoms with E-state index in [4.69, 9.17) is 11.6 Å². The SMILES string of the molecule is CN(C(=O)[C@@H]1C[C@H]1c1ccccc1Cl)[C@H]1CCNC1. The average molecular weight is 279 g/mol. The fraction of sp³-hybridized carbons (Fsp3) is 0.533. The number of benzene rings is 1. The molecule has 1 saturated heterocycles. The van der Waals surface area contributed by atoms with Crippen molar-refractivity contribution in [2.24, 2.45) is 5.92 Å². The van der Waals surface area contributed by atoms with Crippen molar-refractivity contribution in [1.29, 1.82) is 0 Å². The summed E-state index contributed by atoms with van der Waals surface area (Å²) in [6.07, 6.45) is 2.00. The Hall–Kier alpha value is -1.06. The molecule has 0 bridgehead atoms. The summed E-state index contributed by atoms with van der Waals surface area (Å²) in [4.78, 5) is 14.4. The van der Waals surface area contributed by atoms with Gasteiger partial charge < -0.3 is 10.2 Å². The van der Waals surface area contributed by atoms with Gasteiger partial charge in [-0.05, 0) is 36.9 Å². The minimum Gasteiger partial charge on any atom is -0.341 e. The Labute approximate surface area is 118 Å². The van der Waals surface area contributed by atoms with E-state index in [1.165, 1.54) is 0 Å². The van der Waals surface area contributed by atoms with Crippen molar-refractivity contribution < 1.29 is 4.79 Å². The second-order valence-electron chi connectivity index (χ2n) is 5.57. The fourth-order valence-electron chi connectivity index (χ4n) is 3.00. The van der Waals surface area contributed by atoms with Gasteiger partial charge in [-0.2, -0.15) is 0 Å². The van der Waals surface area contributed by atoms with E-state index < -0.39 is 0 Å². The van der Waals surface area contributed by atoms with Gasteiger partial charge in [-0.15, -0.1) is 0 Å². The van der Waals surface area contributed by atoms with Crippen LogP contribution in [-0.4, -0.2) is 37.0 Å². The summed E-state index contributed by atoms with van der Waals surface area (Å²) in [5.74, 6) is 0.724. The van der Waals surface area contributed by atoms with Gasteiger partial charge in [0, 0.05) is 30.6 Å². The van der Waals surface area contributed by atoms with Crippen molar-refractivity contribution in [3.05, 3.63) is 34.9 Å². The van der Waals surface area contributed by atoms with Crippen molar-refractivity contribution >= 4 is 17.5 Å². The van der Waals surface area contributed by atoms with Gasteiger partial charge in [0.1, 0.15) is 0 Å². The predicted molar refractivity (Wildman–Crippen MR) is 76.3 cm³/mol. The number of nitrogens with zero attached hydrogens (tertiary/aromatic N) is 1. The van der Waals surface area contributed by atoms with Gasteiger partial charge in [0.2, 0.25) is 5.91 Å². The van der Waals surface area contributed by atoms with Crippen LogP contribution < -0.4 is 5.32 Å². The maximum absolute atomic E-state index is 12.4. The van der Waals surface area contributed by atoms with Gasteiger partial charge in [-0.3, -0.25) is 4.79 Å². The third-order valence-corrected chi connectivity index (χ3v) is 4.69. The number of nitrogens with one attached hydrogen (secondary N) is 1. The number of hydrogen-bond donors (Lipinski definition) is 1. The lowest BCUT2D eigenvalue weighted by Crippen LogP contribution is -2.39. The van der Waals surface area contributed by atoms with Crippen LogP contribution in [0, 0.1) is 5.92 Å². The minimum absolute atomic E-state index is 0.130. The number of rotatable bonds is 3. The molecule has 1 aromatic carbocycles. The van der Waals surface area contributed by atoms with E-state index >= 15 is 0 Å². The first-order valence-electron chi connectivity index (χ1n) is 6.90. The zero-order valence-corrected chi connectivity index (χ0v) is 11.9. The van der Waals surface area contributed by atoms with Gasteiger partial charge >= 0.3 is 0 Å². The van der Waals surface area contributed by atoms with Gasteiger partial charge in [-0.1, -0.05) is 29.8 Å². The summed E-state index contributed by atoms with van der Waals surface area (Å²) in [6.45, 7) is 1.94. The molecule has 1 heterocycles. The van der Waals surface area contributed by atoms with E-state index in [1.807, 2.05) is 36.2 Å². The third kappa shape index (κ3) is 2.49. The summed E-state index contributed by atoms with van der Waals surface area (Å²) in [7, 11) is 1.93. The van der Waals surface area contributed by atoms with E-state index in [0.717, 1.165) is 36.5 Å². The molecule has 1 aliphatic carbocycles. The van der Waals surface area contributed by atoms with Crippen LogP contribution >= 0.6 is 11.6 Å². The van der Waals surface area contributed by atoms with E-state index in [2.05, 4.69) is 5.32 Å². The van der Waals surface area contributed by atoms with Crippen molar-refractivity contribution in [2.75, 3.05) is 20.1 Å². The lowest BCUT2D eigenvalue weighted by molar-refractivity contribution is -0.133. The molecular weight excluding hydrogens is 260 g/mol. The molecule has 0 unspecified atom stereocenters. The summed E-state index contributed by atoms with van der Waals surface area (Å²) >= 11 is 6.20. The molecule has 0 spiro atoms. The molecule has 3 rings (SSSR count). The summed E-state index contributed by atoms with van der Waals surface area (Å²) in [6, 6.07) is 8.23. The molecule has 1 aliphatic heterocycles. The Balaban J connectivity index is 1.66. The molecule has 1 saturated carbocycles. The van der Waals surface area contributed by atoms with Gasteiger partial charge in [0.05, 0.1) is 0 Å². The Morgan fingerprint density at radius 2 is 2.21 bits per heavy atom. The molecule has 2 aliphatic rings. The lowest BCUT2D eigenvalue weighted by atomic mass is 10.1. The number of hydrogen-bond acceptors (Lipinski definition) is 2. The maximum atomic E-state index is 12.4. The normalized spacial score (nSPS) is 29.3. The van der Waals surface area contributed by atoms with E-state index in [9.17, 15) is 4.79 Å². The number of amides is 1. The highest BCUT2D eigenvalue weighted by Crippen LogP contribution is 2.50. The highest BCUT2D eigenvalue weighted by molar-refractivity contribution is 6.31. The molecule has 4 heteroatoms. The Kier molecular flexibility index (Phi) is 3.50. The molecule has 3 nitrogen and oxygen atoms in total. The molecule has 1 aromatic rings. The second-order valence-corrected chi connectivity index (χ2v) is 5.97. The minimum atomic E-state index is 0.130. The Morgan fingerprint density at radius 3 is 2.89 bits per heavy atom. The van der Waals surface area contributed by atoms with Gasteiger partial charge in [0.25, 0.3) is 0 Å². The first kappa shape index (κ1) is 12.9. The van der Waals surface area contributed by atoms with Crippen LogP contribution in [0.15, 0.2) is 24.3 Å². The maximum Gasteiger partial charge on any atom is 0.226 e. The van der Waals surface area contributed by atoms with Crippen LogP contribution in [0.3, 0.4) is 0 Å². The highest BCUT2D eigenvalue weighted by Gasteiger charge is 2.46. The Bertz CT molecular complexity index is 485. The molecule has 1 amide bonds. The van der Waals surface area contributed by atoms with Gasteiger partial charge in [0.15, 0.2) is 0 Å². The monoisotopic (exact) mass is 278 g/mol. The highest BCUT2D eigenvalue weighted by atomic mass is 35.5. The molecule has 0 radical (unpaired) electrons. The van der Waals surface area contributed by atoms with Crippen molar-refractivity contribution in [3.8, 4) is 0 Å². The summed E-state index contributed by atoms with van der Waals surface area (Å²) < 4.78 is 0. The number of halogens is 1. The quantitative estimate of drug-likeness (QED) is 0.920. The van der Waals surface area contributed by atoms with Crippen LogP contribution in [0.4, 0.5) is 0 Å². The van der Waals surface area contributed by atoms with E-state index in [1.54, 1.807) is 0 Å². The molecular formula is C15H19ClN2O. The van der Waals surface area contributed by atoms with Crippen molar-refractivity contribution in [3.63, 3.8) is 0 Å². The molecule has 3 atom stereocenters. The predicted octanol–water partition coefficient (Wildman–Crippen LogP) is 2.26. The molecule has 1 N–H and O–H groups in total. The van der Waals surface area contributed by atoms with Crippen molar-refractivity contribution in [2.45, 2.75) is 24.8 Å². The number of carbonyl (C=O) groups excluding carboxylic acids is 1. The van der Waals surface area contributed by atoms with Crippen LogP contribution in [0.2, 0.25) is 5.02 Å². The van der Waals surface area contributed by atoms with Gasteiger partial charge in [-0.25, -0.2) is 0 Å². The van der Waals surface area contributed by atoms with Crippen LogP contribution in [0.25, 0.3) is 0 Å². The Morgan fingerprint density at radius 1 is 1.42 bits per heavy atom.